The molecule has 2 aromatic rings. The monoisotopic (exact) mass is 372 g/mol. The molecule has 0 aliphatic rings. The maximum Gasteiger partial charge on any atom is 0.194 e. The van der Waals surface area contributed by atoms with Gasteiger partial charge in [-0.3, -0.25) is 0 Å². The molecular formula is C13H14Br2N2O. The molecule has 5 heteroatoms. The van der Waals surface area contributed by atoms with E-state index in [9.17, 15) is 0 Å². The maximum absolute atomic E-state index is 5.76. The smallest absolute Gasteiger partial charge is 0.194 e. The molecule has 1 N–H and O–H groups in total. The first-order valence-electron chi connectivity index (χ1n) is 5.75. The number of hydrogen-bond donors (Lipinski definition) is 1. The van der Waals surface area contributed by atoms with E-state index in [4.69, 9.17) is 4.42 Å². The number of hydrogen-bond acceptors (Lipinski definition) is 3. The molecular weight excluding hydrogens is 360 g/mol. The number of nitrogens with one attached hydrogen (secondary N) is 1. The molecule has 3 nitrogen and oxygen atoms in total. The highest BCUT2D eigenvalue weighted by Gasteiger charge is 2.10. The van der Waals surface area contributed by atoms with E-state index in [-0.39, 0.29) is 0 Å². The average Bonchev–Trinajstić information content (AvgIpc) is 2.81. The summed E-state index contributed by atoms with van der Waals surface area (Å²) in [5.74, 6) is 1.58. The van der Waals surface area contributed by atoms with Gasteiger partial charge in [0.05, 0.1) is 6.20 Å². The third-order valence-corrected chi connectivity index (χ3v) is 3.75. The van der Waals surface area contributed by atoms with Crippen molar-refractivity contribution in [2.45, 2.75) is 12.8 Å². The van der Waals surface area contributed by atoms with Gasteiger partial charge in [-0.1, -0.05) is 31.9 Å². The Kier molecular flexibility index (Phi) is 4.97. The highest BCUT2D eigenvalue weighted by atomic mass is 79.9. The van der Waals surface area contributed by atoms with E-state index >= 15 is 0 Å². The molecule has 96 valence electrons. The SMILES string of the molecule is CNCCCc1ncc(-c2cc(Br)ccc2Br)o1. The summed E-state index contributed by atoms with van der Waals surface area (Å²) in [6.45, 7) is 0.971. The van der Waals surface area contributed by atoms with Crippen LogP contribution in [0.4, 0.5) is 0 Å². The molecule has 0 radical (unpaired) electrons. The second-order valence-electron chi connectivity index (χ2n) is 3.95. The van der Waals surface area contributed by atoms with E-state index in [1.54, 1.807) is 6.20 Å². The Hall–Kier alpha value is -0.650. The van der Waals surface area contributed by atoms with Gasteiger partial charge >= 0.3 is 0 Å². The molecule has 0 saturated carbocycles. The molecule has 0 saturated heterocycles. The van der Waals surface area contributed by atoms with Gasteiger partial charge in [-0.25, -0.2) is 4.98 Å². The van der Waals surface area contributed by atoms with Crippen molar-refractivity contribution in [3.8, 4) is 11.3 Å². The van der Waals surface area contributed by atoms with Gasteiger partial charge in [0.25, 0.3) is 0 Å². The minimum absolute atomic E-state index is 0.784. The fourth-order valence-electron chi connectivity index (χ4n) is 1.65. The number of oxazole rings is 1. The molecule has 1 heterocycles. The van der Waals surface area contributed by atoms with Crippen molar-refractivity contribution >= 4 is 31.9 Å². The first kappa shape index (κ1) is 13.8. The van der Waals surface area contributed by atoms with Crippen molar-refractivity contribution in [3.63, 3.8) is 0 Å². The largest absolute Gasteiger partial charge is 0.441 e. The van der Waals surface area contributed by atoms with Crippen LogP contribution in [0.3, 0.4) is 0 Å². The Morgan fingerprint density at radius 2 is 2.17 bits per heavy atom. The molecule has 1 aromatic heterocycles. The minimum Gasteiger partial charge on any atom is -0.441 e. The summed E-state index contributed by atoms with van der Waals surface area (Å²) < 4.78 is 7.79. The van der Waals surface area contributed by atoms with Gasteiger partial charge in [0.15, 0.2) is 11.7 Å². The van der Waals surface area contributed by atoms with E-state index < -0.39 is 0 Å². The van der Waals surface area contributed by atoms with Crippen molar-refractivity contribution in [2.24, 2.45) is 0 Å². The van der Waals surface area contributed by atoms with Crippen LogP contribution in [0.25, 0.3) is 11.3 Å². The highest BCUT2D eigenvalue weighted by Crippen LogP contribution is 2.31. The standard InChI is InChI=1S/C13H14Br2N2O/c1-16-6-2-3-13-17-8-12(18-13)10-7-9(14)4-5-11(10)15/h4-5,7-8,16H,2-3,6H2,1H3. The van der Waals surface area contributed by atoms with Crippen molar-refractivity contribution < 1.29 is 4.42 Å². The third kappa shape index (κ3) is 3.43. The second kappa shape index (κ2) is 6.50. The molecule has 0 amide bonds. The molecule has 0 fully saturated rings. The van der Waals surface area contributed by atoms with Crippen molar-refractivity contribution in [2.75, 3.05) is 13.6 Å². The summed E-state index contributed by atoms with van der Waals surface area (Å²) in [6, 6.07) is 5.99. The third-order valence-electron chi connectivity index (χ3n) is 2.56. The first-order valence-corrected chi connectivity index (χ1v) is 7.34. The van der Waals surface area contributed by atoms with Gasteiger partial charge in [-0.05, 0) is 38.2 Å². The van der Waals surface area contributed by atoms with Gasteiger partial charge < -0.3 is 9.73 Å². The Morgan fingerprint density at radius 3 is 2.94 bits per heavy atom. The van der Waals surface area contributed by atoms with Crippen LogP contribution in [0.1, 0.15) is 12.3 Å². The van der Waals surface area contributed by atoms with Crippen LogP contribution in [0.15, 0.2) is 37.8 Å². The molecule has 1 aromatic carbocycles. The molecule has 0 spiro atoms. The van der Waals surface area contributed by atoms with E-state index in [1.807, 2.05) is 25.2 Å². The zero-order valence-electron chi connectivity index (χ0n) is 10.0. The quantitative estimate of drug-likeness (QED) is 0.804. The van der Waals surface area contributed by atoms with Gasteiger partial charge in [0.1, 0.15) is 0 Å². The summed E-state index contributed by atoms with van der Waals surface area (Å²) in [5.41, 5.74) is 1.01. The van der Waals surface area contributed by atoms with Crippen molar-refractivity contribution in [3.05, 3.63) is 39.2 Å². The maximum atomic E-state index is 5.76. The molecule has 0 aliphatic heterocycles. The van der Waals surface area contributed by atoms with Crippen molar-refractivity contribution in [1.82, 2.24) is 10.3 Å². The number of aryl methyl sites for hydroxylation is 1. The molecule has 0 bridgehead atoms. The predicted molar refractivity (Wildman–Crippen MR) is 79.6 cm³/mol. The van der Waals surface area contributed by atoms with Crippen LogP contribution in [0, 0.1) is 0 Å². The number of aromatic nitrogens is 1. The fourth-order valence-corrected chi connectivity index (χ4v) is 2.46. The Labute approximate surface area is 123 Å². The second-order valence-corrected chi connectivity index (χ2v) is 5.72. The molecule has 0 unspecified atom stereocenters. The summed E-state index contributed by atoms with van der Waals surface area (Å²) >= 11 is 6.98. The lowest BCUT2D eigenvalue weighted by Crippen LogP contribution is -2.08. The zero-order valence-corrected chi connectivity index (χ0v) is 13.2. The average molecular weight is 374 g/mol. The fraction of sp³-hybridized carbons (Fsp3) is 0.308. The Morgan fingerprint density at radius 1 is 1.33 bits per heavy atom. The Bertz CT molecular complexity index is 525. The summed E-state index contributed by atoms with van der Waals surface area (Å²) in [5, 5.41) is 3.11. The van der Waals surface area contributed by atoms with Crippen molar-refractivity contribution in [1.29, 1.82) is 0 Å². The lowest BCUT2D eigenvalue weighted by molar-refractivity contribution is 0.495. The zero-order chi connectivity index (χ0) is 13.0. The Balaban J connectivity index is 2.16. The number of benzene rings is 1. The number of halogens is 2. The van der Waals surface area contributed by atoms with E-state index in [1.165, 1.54) is 0 Å². The van der Waals surface area contributed by atoms with E-state index in [2.05, 4.69) is 42.2 Å². The molecule has 18 heavy (non-hydrogen) atoms. The van der Waals surface area contributed by atoms with Crippen LogP contribution in [0.2, 0.25) is 0 Å². The minimum atomic E-state index is 0.784. The van der Waals surface area contributed by atoms with Crippen LogP contribution >= 0.6 is 31.9 Å². The van der Waals surface area contributed by atoms with Gasteiger partial charge in [0.2, 0.25) is 0 Å². The van der Waals surface area contributed by atoms with Crippen LogP contribution in [-0.2, 0) is 6.42 Å². The lowest BCUT2D eigenvalue weighted by atomic mass is 10.2. The van der Waals surface area contributed by atoms with E-state index in [0.717, 1.165) is 45.5 Å². The summed E-state index contributed by atoms with van der Waals surface area (Å²) in [4.78, 5) is 4.30. The highest BCUT2D eigenvalue weighted by molar-refractivity contribution is 9.11. The van der Waals surface area contributed by atoms with Gasteiger partial charge in [-0.2, -0.15) is 0 Å². The first-order chi connectivity index (χ1) is 8.70. The molecule has 0 aliphatic carbocycles. The van der Waals surface area contributed by atoms with Crippen LogP contribution in [0.5, 0.6) is 0 Å². The van der Waals surface area contributed by atoms with Crippen LogP contribution < -0.4 is 5.32 Å². The summed E-state index contributed by atoms with van der Waals surface area (Å²) in [6.07, 6.45) is 3.66. The summed E-state index contributed by atoms with van der Waals surface area (Å²) in [7, 11) is 1.94. The topological polar surface area (TPSA) is 38.1 Å². The number of nitrogens with zero attached hydrogens (tertiary/aromatic N) is 1. The van der Waals surface area contributed by atoms with E-state index in [0.29, 0.717) is 0 Å². The van der Waals surface area contributed by atoms with Gasteiger partial charge in [-0.15, -0.1) is 0 Å². The molecule has 0 atom stereocenters. The lowest BCUT2D eigenvalue weighted by Gasteiger charge is -2.01. The normalized spacial score (nSPS) is 10.8. The van der Waals surface area contributed by atoms with Gasteiger partial charge in [0, 0.05) is 20.9 Å². The molecule has 2 rings (SSSR count). The number of rotatable bonds is 5. The predicted octanol–water partition coefficient (Wildman–Crippen LogP) is 4.02. The van der Waals surface area contributed by atoms with Crippen LogP contribution in [-0.4, -0.2) is 18.6 Å².